The van der Waals surface area contributed by atoms with Crippen LogP contribution in [-0.4, -0.2) is 62.5 Å². The van der Waals surface area contributed by atoms with Crippen LogP contribution in [0.1, 0.15) is 23.2 Å². The number of likely N-dealkylation sites (N-methyl/N-ethyl adjacent to an activating group) is 2. The first-order valence-corrected chi connectivity index (χ1v) is 14.3. The molecule has 1 aliphatic rings. The summed E-state index contributed by atoms with van der Waals surface area (Å²) in [6.45, 7) is 0.707. The third-order valence-electron chi connectivity index (χ3n) is 7.70. The number of hydrogen-bond donors (Lipinski definition) is 2. The Morgan fingerprint density at radius 1 is 0.955 bits per heavy atom. The number of hydrogen-bond acceptors (Lipinski definition) is 7. The first-order chi connectivity index (χ1) is 21.3. The number of nitrogen functional groups attached to an aromatic ring is 1. The highest BCUT2D eigenvalue weighted by atomic mass is 16.2. The number of carbonyl (C=O) groups excluding carboxylic acids is 2. The number of imidazole rings is 1. The molecule has 2 aromatic heterocycles. The van der Waals surface area contributed by atoms with Crippen molar-refractivity contribution in [2.24, 2.45) is 0 Å². The number of nitrogens with one attached hydrogen (secondary N) is 1. The lowest BCUT2D eigenvalue weighted by molar-refractivity contribution is -0.113. The van der Waals surface area contributed by atoms with E-state index in [-0.39, 0.29) is 17.6 Å². The van der Waals surface area contributed by atoms with E-state index in [2.05, 4.69) is 27.2 Å². The minimum atomic E-state index is -0.428. The Morgan fingerprint density at radius 2 is 1.70 bits per heavy atom. The average molecular weight is 589 g/mol. The third kappa shape index (κ3) is 5.72. The Kier molecular flexibility index (Phi) is 7.78. The van der Waals surface area contributed by atoms with Gasteiger partial charge in [-0.25, -0.2) is 19.3 Å². The van der Waals surface area contributed by atoms with Crippen molar-refractivity contribution >= 4 is 40.2 Å². The molecule has 222 valence electrons. The highest BCUT2D eigenvalue weighted by Gasteiger charge is 2.25. The lowest BCUT2D eigenvalue weighted by Crippen LogP contribution is -2.26. The number of para-hydroxylation sites is 1. The molecule has 0 aliphatic heterocycles. The maximum atomic E-state index is 14.0. The van der Waals surface area contributed by atoms with Crippen LogP contribution >= 0.6 is 0 Å². The Balaban J connectivity index is 1.31. The van der Waals surface area contributed by atoms with E-state index >= 15 is 0 Å². The second-order valence-electron chi connectivity index (χ2n) is 10.7. The van der Waals surface area contributed by atoms with Gasteiger partial charge in [0.2, 0.25) is 5.91 Å². The van der Waals surface area contributed by atoms with Crippen LogP contribution in [0.4, 0.5) is 17.2 Å². The zero-order valence-corrected chi connectivity index (χ0v) is 24.4. The number of nitrogens with two attached hydrogens (primary N) is 1. The van der Waals surface area contributed by atoms with E-state index in [1.807, 2.05) is 24.3 Å². The number of anilines is 3. The Labute approximate surface area is 253 Å². The molecule has 11 heteroatoms. The van der Waals surface area contributed by atoms with Gasteiger partial charge in [-0.15, -0.1) is 0 Å². The van der Waals surface area contributed by atoms with Crippen molar-refractivity contribution in [2.45, 2.75) is 18.9 Å². The molecule has 11 nitrogen and oxygen atoms in total. The maximum Gasteiger partial charge on any atom is 0.339 e. The van der Waals surface area contributed by atoms with Gasteiger partial charge in [0, 0.05) is 42.6 Å². The summed E-state index contributed by atoms with van der Waals surface area (Å²) in [5.74, 6) is -0.328. The van der Waals surface area contributed by atoms with E-state index in [4.69, 9.17) is 5.73 Å². The number of carbonyl (C=O) groups is 2. The summed E-state index contributed by atoms with van der Waals surface area (Å²) >= 11 is 0. The SMILES string of the molecule is CN(C(=O)/C=C/CN(C)C1CC1)c1cccc(-n2c(=O)n(-c3ccc(C(=O)Nc4ccccc4)cc3)c3c(N)ncnc32)c1. The number of nitrogens with zero attached hydrogens (tertiary/aromatic N) is 6. The van der Waals surface area contributed by atoms with Gasteiger partial charge in [-0.1, -0.05) is 30.3 Å². The van der Waals surface area contributed by atoms with E-state index in [1.54, 1.807) is 73.8 Å². The van der Waals surface area contributed by atoms with Gasteiger partial charge in [0.15, 0.2) is 11.5 Å². The minimum absolute atomic E-state index is 0.126. The van der Waals surface area contributed by atoms with Crippen LogP contribution in [0.5, 0.6) is 0 Å². The molecule has 2 amide bonds. The molecule has 0 atom stereocenters. The second-order valence-corrected chi connectivity index (χ2v) is 10.7. The average Bonchev–Trinajstić information content (AvgIpc) is 3.85. The second kappa shape index (κ2) is 12.0. The third-order valence-corrected chi connectivity index (χ3v) is 7.70. The van der Waals surface area contributed by atoms with E-state index in [0.29, 0.717) is 52.1 Å². The van der Waals surface area contributed by atoms with Crippen LogP contribution in [-0.2, 0) is 4.79 Å². The van der Waals surface area contributed by atoms with Crippen molar-refractivity contribution in [2.75, 3.05) is 36.6 Å². The van der Waals surface area contributed by atoms with Crippen LogP contribution in [0.25, 0.3) is 22.5 Å². The molecule has 1 aliphatic carbocycles. The molecular formula is C33H32N8O3. The highest BCUT2D eigenvalue weighted by Crippen LogP contribution is 2.26. The molecule has 0 bridgehead atoms. The Hall–Kier alpha value is -5.55. The smallest absolute Gasteiger partial charge is 0.339 e. The van der Waals surface area contributed by atoms with Gasteiger partial charge in [0.1, 0.15) is 11.8 Å². The van der Waals surface area contributed by atoms with Gasteiger partial charge in [-0.3, -0.25) is 19.1 Å². The number of fused-ring (bicyclic) bond motifs is 1. The molecule has 0 radical (unpaired) electrons. The monoisotopic (exact) mass is 588 g/mol. The summed E-state index contributed by atoms with van der Waals surface area (Å²) in [5.41, 5.74) is 9.19. The van der Waals surface area contributed by atoms with Gasteiger partial charge in [-0.2, -0.15) is 0 Å². The lowest BCUT2D eigenvalue weighted by atomic mass is 10.2. The molecule has 2 heterocycles. The number of amides is 2. The zero-order chi connectivity index (χ0) is 30.8. The van der Waals surface area contributed by atoms with Crippen molar-refractivity contribution in [3.8, 4) is 11.4 Å². The molecule has 0 unspecified atom stereocenters. The van der Waals surface area contributed by atoms with Crippen LogP contribution in [0, 0.1) is 0 Å². The van der Waals surface area contributed by atoms with Crippen molar-refractivity contribution in [1.82, 2.24) is 24.0 Å². The van der Waals surface area contributed by atoms with E-state index < -0.39 is 5.69 Å². The van der Waals surface area contributed by atoms with Crippen molar-refractivity contribution in [3.63, 3.8) is 0 Å². The molecule has 44 heavy (non-hydrogen) atoms. The predicted octanol–water partition coefficient (Wildman–Crippen LogP) is 4.02. The summed E-state index contributed by atoms with van der Waals surface area (Å²) in [6.07, 6.45) is 7.15. The molecular weight excluding hydrogens is 556 g/mol. The fourth-order valence-electron chi connectivity index (χ4n) is 5.07. The van der Waals surface area contributed by atoms with Crippen LogP contribution in [0.2, 0.25) is 0 Å². The topological polar surface area (TPSA) is 131 Å². The summed E-state index contributed by atoms with van der Waals surface area (Å²) in [6, 6.07) is 23.5. The predicted molar refractivity (Wildman–Crippen MR) is 171 cm³/mol. The first-order valence-electron chi connectivity index (χ1n) is 14.3. The van der Waals surface area contributed by atoms with Crippen molar-refractivity contribution < 1.29 is 9.59 Å². The van der Waals surface area contributed by atoms with Gasteiger partial charge in [0.05, 0.1) is 11.4 Å². The number of aromatic nitrogens is 4. The molecule has 1 fully saturated rings. The number of benzene rings is 3. The van der Waals surface area contributed by atoms with Gasteiger partial charge >= 0.3 is 5.69 Å². The van der Waals surface area contributed by atoms with Gasteiger partial charge in [-0.05, 0) is 74.5 Å². The summed E-state index contributed by atoms with van der Waals surface area (Å²) in [4.78, 5) is 52.0. The Morgan fingerprint density at radius 3 is 2.43 bits per heavy atom. The minimum Gasteiger partial charge on any atom is -0.382 e. The fraction of sp³-hybridized carbons (Fsp3) is 0.182. The fourth-order valence-corrected chi connectivity index (χ4v) is 5.07. The first kappa shape index (κ1) is 28.6. The van der Waals surface area contributed by atoms with E-state index in [0.717, 1.165) is 0 Å². The highest BCUT2D eigenvalue weighted by molar-refractivity contribution is 6.04. The molecule has 6 rings (SSSR count). The molecule has 3 aromatic carbocycles. The van der Waals surface area contributed by atoms with E-state index in [1.165, 1.54) is 33.2 Å². The normalized spacial score (nSPS) is 13.1. The summed E-state index contributed by atoms with van der Waals surface area (Å²) in [7, 11) is 3.75. The Bertz CT molecular complexity index is 1920. The largest absolute Gasteiger partial charge is 0.382 e. The van der Waals surface area contributed by atoms with Gasteiger partial charge in [0.25, 0.3) is 5.91 Å². The van der Waals surface area contributed by atoms with Crippen LogP contribution in [0.15, 0.2) is 102 Å². The summed E-state index contributed by atoms with van der Waals surface area (Å²) in [5, 5.41) is 2.85. The molecule has 3 N–H and O–H groups in total. The molecule has 5 aromatic rings. The maximum absolute atomic E-state index is 14.0. The van der Waals surface area contributed by atoms with Crippen molar-refractivity contribution in [1.29, 1.82) is 0 Å². The van der Waals surface area contributed by atoms with E-state index in [9.17, 15) is 14.4 Å². The molecule has 0 saturated heterocycles. The molecule has 0 spiro atoms. The summed E-state index contributed by atoms with van der Waals surface area (Å²) < 4.78 is 2.86. The van der Waals surface area contributed by atoms with Crippen molar-refractivity contribution in [3.05, 3.63) is 113 Å². The van der Waals surface area contributed by atoms with Crippen LogP contribution < -0.4 is 21.6 Å². The number of rotatable bonds is 9. The standard InChI is InChI=1S/C33H32N8O3/c1-38(24-17-18-24)19-7-12-28(42)39(2)26-10-6-11-27(20-26)41-31-29(30(34)35-21-36-31)40(33(41)44)25-15-13-22(14-16-25)32(43)37-23-8-4-3-5-9-23/h3-16,20-21,24H,17-19H2,1-2H3,(H,37,43)(H2,34,35,36)/b12-7+. The lowest BCUT2D eigenvalue weighted by Gasteiger charge is -2.17. The zero-order valence-electron chi connectivity index (χ0n) is 24.4. The van der Waals surface area contributed by atoms with Gasteiger partial charge < -0.3 is 16.0 Å². The van der Waals surface area contributed by atoms with Crippen LogP contribution in [0.3, 0.4) is 0 Å². The quantitative estimate of drug-likeness (QED) is 0.249. The molecule has 1 saturated carbocycles.